The van der Waals surface area contributed by atoms with Crippen LogP contribution in [0.4, 0.5) is 10.2 Å². The Morgan fingerprint density at radius 2 is 2.06 bits per heavy atom. The normalized spacial score (nSPS) is 16.5. The first-order valence-corrected chi connectivity index (χ1v) is 11.2. The smallest absolute Gasteiger partial charge is 0.238 e. The lowest BCUT2D eigenvalue weighted by molar-refractivity contribution is -0.118. The van der Waals surface area contributed by atoms with E-state index in [0.29, 0.717) is 44.4 Å². The highest BCUT2D eigenvalue weighted by atomic mass is 32.2. The molecule has 2 heterocycles. The quantitative estimate of drug-likeness (QED) is 0.605. The molecular formula is C21H27FN4O4S. The molecule has 1 aliphatic heterocycles. The highest BCUT2D eigenvalue weighted by molar-refractivity contribution is 8.01. The molecule has 2 atom stereocenters. The van der Waals surface area contributed by atoms with Gasteiger partial charge in [-0.1, -0.05) is 17.3 Å². The molecule has 1 aromatic heterocycles. The number of aryl methyl sites for hydroxylation is 1. The lowest BCUT2D eigenvalue weighted by Crippen LogP contribution is -2.44. The van der Waals surface area contributed by atoms with E-state index in [1.54, 1.807) is 26.0 Å². The number of nitrogens with zero attached hydrogens (tertiary/aromatic N) is 2. The Kier molecular flexibility index (Phi) is 8.44. The number of aromatic nitrogens is 1. The van der Waals surface area contributed by atoms with E-state index in [0.717, 1.165) is 5.56 Å². The SMILES string of the molecule is Cc1cc(NC(=O)C(C)SCC(=O)NCC(c2cccc(F)c2)N2CCOCC2)no1. The number of rotatable bonds is 9. The summed E-state index contributed by atoms with van der Waals surface area (Å²) in [5.41, 5.74) is 0.811. The van der Waals surface area contributed by atoms with Crippen LogP contribution in [0.15, 0.2) is 34.9 Å². The molecule has 1 saturated heterocycles. The molecule has 8 nitrogen and oxygen atoms in total. The van der Waals surface area contributed by atoms with Gasteiger partial charge in [-0.05, 0) is 31.5 Å². The summed E-state index contributed by atoms with van der Waals surface area (Å²) in [6, 6.07) is 7.92. The molecule has 0 bridgehead atoms. The maximum atomic E-state index is 13.8. The second-order valence-electron chi connectivity index (χ2n) is 7.29. The average Bonchev–Trinajstić information content (AvgIpc) is 3.17. The molecule has 0 spiro atoms. The van der Waals surface area contributed by atoms with Crippen LogP contribution in [-0.2, 0) is 14.3 Å². The van der Waals surface area contributed by atoms with Crippen LogP contribution in [0.1, 0.15) is 24.3 Å². The van der Waals surface area contributed by atoms with Gasteiger partial charge in [0, 0.05) is 25.7 Å². The van der Waals surface area contributed by atoms with Gasteiger partial charge in [-0.3, -0.25) is 14.5 Å². The molecule has 1 fully saturated rings. The molecule has 2 unspecified atom stereocenters. The Balaban J connectivity index is 1.50. The topological polar surface area (TPSA) is 96.7 Å². The molecule has 168 valence electrons. The van der Waals surface area contributed by atoms with Crippen molar-refractivity contribution in [1.29, 1.82) is 0 Å². The van der Waals surface area contributed by atoms with E-state index in [1.807, 2.05) is 6.07 Å². The van der Waals surface area contributed by atoms with Crippen molar-refractivity contribution in [2.45, 2.75) is 25.1 Å². The van der Waals surface area contributed by atoms with Gasteiger partial charge in [-0.25, -0.2) is 4.39 Å². The highest BCUT2D eigenvalue weighted by Crippen LogP contribution is 2.22. The Labute approximate surface area is 184 Å². The first-order chi connectivity index (χ1) is 14.9. The fourth-order valence-corrected chi connectivity index (χ4v) is 3.97. The lowest BCUT2D eigenvalue weighted by Gasteiger charge is -2.35. The Bertz CT molecular complexity index is 888. The Hall–Kier alpha value is -2.43. The summed E-state index contributed by atoms with van der Waals surface area (Å²) in [6.07, 6.45) is 0. The Morgan fingerprint density at radius 3 is 2.74 bits per heavy atom. The fraction of sp³-hybridized carbons (Fsp3) is 0.476. The number of ether oxygens (including phenoxy) is 1. The van der Waals surface area contributed by atoms with Crippen molar-refractivity contribution in [3.05, 3.63) is 47.5 Å². The van der Waals surface area contributed by atoms with E-state index >= 15 is 0 Å². The fourth-order valence-electron chi connectivity index (χ4n) is 3.25. The summed E-state index contributed by atoms with van der Waals surface area (Å²) in [5, 5.41) is 8.86. The molecule has 2 amide bonds. The number of amides is 2. The summed E-state index contributed by atoms with van der Waals surface area (Å²) in [4.78, 5) is 26.8. The van der Waals surface area contributed by atoms with Crippen LogP contribution < -0.4 is 10.6 Å². The molecule has 0 saturated carbocycles. The number of carbonyl (C=O) groups excluding carboxylic acids is 2. The molecule has 0 radical (unpaired) electrons. The summed E-state index contributed by atoms with van der Waals surface area (Å²) in [7, 11) is 0. The molecule has 1 aliphatic rings. The second kappa shape index (κ2) is 11.3. The van der Waals surface area contributed by atoms with E-state index < -0.39 is 5.25 Å². The first kappa shape index (κ1) is 23.2. The predicted octanol–water partition coefficient (Wildman–Crippen LogP) is 2.37. The van der Waals surface area contributed by atoms with Crippen molar-refractivity contribution >= 4 is 29.4 Å². The van der Waals surface area contributed by atoms with Crippen LogP contribution >= 0.6 is 11.8 Å². The van der Waals surface area contributed by atoms with Crippen LogP contribution in [0.2, 0.25) is 0 Å². The number of hydrogen-bond acceptors (Lipinski definition) is 7. The number of morpholine rings is 1. The van der Waals surface area contributed by atoms with Gasteiger partial charge in [0.2, 0.25) is 11.8 Å². The van der Waals surface area contributed by atoms with Gasteiger partial charge >= 0.3 is 0 Å². The van der Waals surface area contributed by atoms with Crippen molar-refractivity contribution in [3.8, 4) is 0 Å². The molecule has 0 aliphatic carbocycles. The summed E-state index contributed by atoms with van der Waals surface area (Å²) in [6.45, 7) is 6.44. The maximum Gasteiger partial charge on any atom is 0.238 e. The van der Waals surface area contributed by atoms with Crippen LogP contribution in [0.5, 0.6) is 0 Å². The minimum atomic E-state index is -0.444. The number of halogens is 1. The van der Waals surface area contributed by atoms with Gasteiger partial charge in [0.1, 0.15) is 11.6 Å². The van der Waals surface area contributed by atoms with E-state index in [2.05, 4.69) is 20.7 Å². The number of anilines is 1. The van der Waals surface area contributed by atoms with Crippen LogP contribution in [0.3, 0.4) is 0 Å². The number of carbonyl (C=O) groups is 2. The molecular weight excluding hydrogens is 423 g/mol. The van der Waals surface area contributed by atoms with E-state index in [-0.39, 0.29) is 29.4 Å². The Morgan fingerprint density at radius 1 is 1.29 bits per heavy atom. The van der Waals surface area contributed by atoms with Gasteiger partial charge in [-0.15, -0.1) is 11.8 Å². The minimum Gasteiger partial charge on any atom is -0.379 e. The van der Waals surface area contributed by atoms with E-state index in [1.165, 1.54) is 23.9 Å². The predicted molar refractivity (Wildman–Crippen MR) is 116 cm³/mol. The average molecular weight is 451 g/mol. The summed E-state index contributed by atoms with van der Waals surface area (Å²) < 4.78 is 24.1. The van der Waals surface area contributed by atoms with Crippen molar-refractivity contribution in [1.82, 2.24) is 15.4 Å². The monoisotopic (exact) mass is 450 g/mol. The second-order valence-corrected chi connectivity index (χ2v) is 8.62. The van der Waals surface area contributed by atoms with Crippen LogP contribution in [0, 0.1) is 12.7 Å². The van der Waals surface area contributed by atoms with Gasteiger partial charge in [0.05, 0.1) is 30.3 Å². The lowest BCUT2D eigenvalue weighted by atomic mass is 10.0. The number of thioether (sulfide) groups is 1. The zero-order valence-electron chi connectivity index (χ0n) is 17.6. The number of hydrogen-bond donors (Lipinski definition) is 2. The number of nitrogens with one attached hydrogen (secondary N) is 2. The molecule has 1 aromatic carbocycles. The van der Waals surface area contributed by atoms with Gasteiger partial charge in [0.15, 0.2) is 5.82 Å². The largest absolute Gasteiger partial charge is 0.379 e. The molecule has 31 heavy (non-hydrogen) atoms. The van der Waals surface area contributed by atoms with E-state index in [4.69, 9.17) is 9.26 Å². The van der Waals surface area contributed by atoms with Gasteiger partial charge < -0.3 is 19.9 Å². The molecule has 10 heteroatoms. The van der Waals surface area contributed by atoms with E-state index in [9.17, 15) is 14.0 Å². The third kappa shape index (κ3) is 7.05. The minimum absolute atomic E-state index is 0.130. The van der Waals surface area contributed by atoms with Gasteiger partial charge in [-0.2, -0.15) is 0 Å². The number of benzene rings is 1. The summed E-state index contributed by atoms with van der Waals surface area (Å²) >= 11 is 1.23. The zero-order valence-corrected chi connectivity index (χ0v) is 18.4. The standard InChI is InChI=1S/C21H27FN4O4S/c1-14-10-19(25-30-14)24-21(28)15(2)31-13-20(27)23-12-18(26-6-8-29-9-7-26)16-4-3-5-17(22)11-16/h3-5,10-11,15,18H,6-9,12-13H2,1-2H3,(H,23,27)(H,24,25,28). The third-order valence-electron chi connectivity index (χ3n) is 4.93. The molecule has 2 aromatic rings. The highest BCUT2D eigenvalue weighted by Gasteiger charge is 2.24. The maximum absolute atomic E-state index is 13.8. The van der Waals surface area contributed by atoms with Crippen molar-refractivity contribution in [2.24, 2.45) is 0 Å². The molecule has 3 rings (SSSR count). The zero-order chi connectivity index (χ0) is 22.2. The third-order valence-corrected chi connectivity index (χ3v) is 6.07. The van der Waals surface area contributed by atoms with Crippen molar-refractivity contribution in [2.75, 3.05) is 43.9 Å². The van der Waals surface area contributed by atoms with Crippen LogP contribution in [-0.4, -0.2) is 65.7 Å². The van der Waals surface area contributed by atoms with Crippen LogP contribution in [0.25, 0.3) is 0 Å². The summed E-state index contributed by atoms with van der Waals surface area (Å²) in [5.74, 6) is 0.338. The van der Waals surface area contributed by atoms with Crippen molar-refractivity contribution < 1.29 is 23.2 Å². The van der Waals surface area contributed by atoms with Crippen molar-refractivity contribution in [3.63, 3.8) is 0 Å². The first-order valence-electron chi connectivity index (χ1n) is 10.1. The van der Waals surface area contributed by atoms with Gasteiger partial charge in [0.25, 0.3) is 0 Å². The molecule has 2 N–H and O–H groups in total.